The quantitative estimate of drug-likeness (QED) is 0.355. The predicted molar refractivity (Wildman–Crippen MR) is 130 cm³/mol. The van der Waals surface area contributed by atoms with Gasteiger partial charge in [0.1, 0.15) is 5.60 Å². The van der Waals surface area contributed by atoms with Crippen molar-refractivity contribution in [1.29, 1.82) is 0 Å². The Kier molecular flexibility index (Phi) is 4.31. The highest BCUT2D eigenvalue weighted by molar-refractivity contribution is 5.83. The second kappa shape index (κ2) is 6.29. The van der Waals surface area contributed by atoms with Crippen molar-refractivity contribution in [2.45, 2.75) is 117 Å². The topological polar surface area (TPSA) is 46.5 Å². The summed E-state index contributed by atoms with van der Waals surface area (Å²) in [6.07, 6.45) is 11.1. The van der Waals surface area contributed by atoms with Crippen LogP contribution in [-0.2, 0) is 9.53 Å². The van der Waals surface area contributed by atoms with E-state index in [1.54, 1.807) is 0 Å². The van der Waals surface area contributed by atoms with Crippen molar-refractivity contribution < 1.29 is 14.6 Å². The molecule has 0 unspecified atom stereocenters. The second-order valence-corrected chi connectivity index (χ2v) is 14.7. The molecule has 6 aliphatic rings. The molecule has 0 aromatic carbocycles. The number of carbonyl (C=O) groups excluding carboxylic acids is 1. The Hall–Kier alpha value is -0.830. The summed E-state index contributed by atoms with van der Waals surface area (Å²) in [6, 6.07) is 0. The number of rotatable bonds is 1. The highest BCUT2D eigenvalue weighted by Gasteiger charge is 2.78. The highest BCUT2D eigenvalue weighted by Crippen LogP contribution is 2.79. The number of carbonyl (C=O) groups is 1. The van der Waals surface area contributed by atoms with Crippen LogP contribution in [0.25, 0.3) is 0 Å². The van der Waals surface area contributed by atoms with Gasteiger partial charge in [-0.05, 0) is 116 Å². The van der Waals surface area contributed by atoms with Crippen molar-refractivity contribution in [2.75, 3.05) is 0 Å². The number of hydrogen-bond donors (Lipinski definition) is 1. The molecule has 2 bridgehead atoms. The Labute approximate surface area is 201 Å². The predicted octanol–water partition coefficient (Wildman–Crippen LogP) is 6.68. The molecule has 33 heavy (non-hydrogen) atoms. The van der Waals surface area contributed by atoms with Crippen LogP contribution in [0.3, 0.4) is 0 Å². The van der Waals surface area contributed by atoms with Gasteiger partial charge in [-0.3, -0.25) is 4.79 Å². The molecular weight excluding hydrogens is 408 g/mol. The maximum atomic E-state index is 13.3. The third-order valence-corrected chi connectivity index (χ3v) is 13.9. The van der Waals surface area contributed by atoms with Gasteiger partial charge in [-0.25, -0.2) is 0 Å². The monoisotopic (exact) mass is 454 g/mol. The SMILES string of the molecule is C=C(C)[C@@]12CC[C@]3(CC[C@]4(C)[C@H](CC[C@@H]5[C@@]6(C)CC[C@@H](O)C(C)(C)[C@@H]6CC[C@]54C)[C@H]31)C(=O)O2. The van der Waals surface area contributed by atoms with Crippen LogP contribution in [-0.4, -0.2) is 22.8 Å². The lowest BCUT2D eigenvalue weighted by molar-refractivity contribution is -0.245. The van der Waals surface area contributed by atoms with E-state index in [0.717, 1.165) is 44.1 Å². The van der Waals surface area contributed by atoms with Gasteiger partial charge in [0, 0.05) is 5.92 Å². The lowest BCUT2D eigenvalue weighted by Gasteiger charge is -2.72. The largest absolute Gasteiger partial charge is 0.454 e. The molecule has 184 valence electrons. The van der Waals surface area contributed by atoms with Crippen molar-refractivity contribution in [3.05, 3.63) is 12.2 Å². The molecular formula is C30H46O3. The molecule has 1 saturated heterocycles. The number of fused-ring (bicyclic) bond motifs is 5. The van der Waals surface area contributed by atoms with Crippen LogP contribution in [0.5, 0.6) is 0 Å². The summed E-state index contributed by atoms with van der Waals surface area (Å²) >= 11 is 0. The van der Waals surface area contributed by atoms with Crippen LogP contribution in [0, 0.1) is 50.7 Å². The molecule has 1 aliphatic heterocycles. The molecule has 3 nitrogen and oxygen atoms in total. The molecule has 5 saturated carbocycles. The summed E-state index contributed by atoms with van der Waals surface area (Å²) < 4.78 is 6.29. The van der Waals surface area contributed by atoms with Gasteiger partial charge in [0.25, 0.3) is 0 Å². The number of hydrogen-bond acceptors (Lipinski definition) is 3. The third kappa shape index (κ3) is 2.27. The number of aliphatic hydroxyl groups excluding tert-OH is 1. The fraction of sp³-hybridized carbons (Fsp3) is 0.900. The first kappa shape index (κ1) is 22.6. The molecule has 6 rings (SSSR count). The number of esters is 1. The van der Waals surface area contributed by atoms with Gasteiger partial charge in [0.05, 0.1) is 11.5 Å². The summed E-state index contributed by atoms with van der Waals surface area (Å²) in [4.78, 5) is 13.3. The van der Waals surface area contributed by atoms with Gasteiger partial charge < -0.3 is 9.84 Å². The maximum Gasteiger partial charge on any atom is 0.313 e. The zero-order chi connectivity index (χ0) is 23.8. The van der Waals surface area contributed by atoms with Gasteiger partial charge in [-0.2, -0.15) is 0 Å². The molecule has 0 radical (unpaired) electrons. The van der Waals surface area contributed by atoms with E-state index >= 15 is 0 Å². The van der Waals surface area contributed by atoms with E-state index in [-0.39, 0.29) is 33.7 Å². The van der Waals surface area contributed by atoms with Crippen molar-refractivity contribution in [1.82, 2.24) is 0 Å². The van der Waals surface area contributed by atoms with E-state index in [2.05, 4.69) is 48.1 Å². The molecule has 6 fully saturated rings. The van der Waals surface area contributed by atoms with Crippen LogP contribution in [0.15, 0.2) is 12.2 Å². The molecule has 0 aromatic rings. The van der Waals surface area contributed by atoms with Gasteiger partial charge in [-0.1, -0.05) is 41.2 Å². The Balaban J connectivity index is 1.43. The van der Waals surface area contributed by atoms with E-state index in [9.17, 15) is 9.90 Å². The highest BCUT2D eigenvalue weighted by atomic mass is 16.6. The van der Waals surface area contributed by atoms with Crippen LogP contribution in [0.4, 0.5) is 0 Å². The van der Waals surface area contributed by atoms with Gasteiger partial charge in [0.15, 0.2) is 0 Å². The van der Waals surface area contributed by atoms with E-state index in [4.69, 9.17) is 4.74 Å². The van der Waals surface area contributed by atoms with Gasteiger partial charge in [-0.15, -0.1) is 0 Å². The minimum absolute atomic E-state index is 0.00244. The van der Waals surface area contributed by atoms with Crippen molar-refractivity contribution in [3.8, 4) is 0 Å². The summed E-state index contributed by atoms with van der Waals surface area (Å²) in [5.74, 6) is 2.25. The van der Waals surface area contributed by atoms with Crippen molar-refractivity contribution in [2.24, 2.45) is 50.7 Å². The maximum absolute atomic E-state index is 13.3. The van der Waals surface area contributed by atoms with Crippen LogP contribution >= 0.6 is 0 Å². The van der Waals surface area contributed by atoms with Crippen molar-refractivity contribution in [3.63, 3.8) is 0 Å². The normalized spacial score (nSPS) is 58.5. The lowest BCUT2D eigenvalue weighted by atomic mass is 9.32. The summed E-state index contributed by atoms with van der Waals surface area (Å²) in [5, 5.41) is 10.9. The van der Waals surface area contributed by atoms with Crippen molar-refractivity contribution >= 4 is 5.97 Å². The Bertz CT molecular complexity index is 922. The van der Waals surface area contributed by atoms with E-state index < -0.39 is 5.60 Å². The zero-order valence-corrected chi connectivity index (χ0v) is 21.9. The third-order valence-electron chi connectivity index (χ3n) is 13.9. The minimum atomic E-state index is -0.412. The smallest absolute Gasteiger partial charge is 0.313 e. The molecule has 1 N–H and O–H groups in total. The number of ether oxygens (including phenoxy) is 1. The van der Waals surface area contributed by atoms with E-state index in [0.29, 0.717) is 29.1 Å². The van der Waals surface area contributed by atoms with E-state index in [1.165, 1.54) is 25.7 Å². The Morgan fingerprint density at radius 2 is 1.58 bits per heavy atom. The van der Waals surface area contributed by atoms with Gasteiger partial charge in [0.2, 0.25) is 0 Å². The average molecular weight is 455 g/mol. The first-order valence-corrected chi connectivity index (χ1v) is 13.9. The molecule has 5 aliphatic carbocycles. The molecule has 0 amide bonds. The van der Waals surface area contributed by atoms with Crippen LogP contribution in [0.2, 0.25) is 0 Å². The van der Waals surface area contributed by atoms with Crippen LogP contribution < -0.4 is 0 Å². The summed E-state index contributed by atoms with van der Waals surface area (Å²) in [5.41, 5.74) is 1.23. The Morgan fingerprint density at radius 1 is 0.879 bits per heavy atom. The van der Waals surface area contributed by atoms with Gasteiger partial charge >= 0.3 is 5.97 Å². The molecule has 10 atom stereocenters. The first-order valence-electron chi connectivity index (χ1n) is 13.9. The summed E-state index contributed by atoms with van der Waals surface area (Å²) in [6.45, 7) is 19.0. The lowest BCUT2D eigenvalue weighted by Crippen LogP contribution is -2.67. The number of aliphatic hydroxyl groups is 1. The minimum Gasteiger partial charge on any atom is -0.454 e. The molecule has 3 heteroatoms. The second-order valence-electron chi connectivity index (χ2n) is 14.7. The summed E-state index contributed by atoms with van der Waals surface area (Å²) in [7, 11) is 0. The zero-order valence-electron chi connectivity index (χ0n) is 21.9. The molecule has 0 spiro atoms. The standard InChI is InChI=1S/C30H46O3/c1-18(2)30-17-16-29(24(32)33-30)15-14-27(6)19(23(29)30)8-9-21-26(5)12-11-22(31)25(3,4)20(26)10-13-28(21,27)7/h19-23,31H,1,8-17H2,2-7H3/t19-,20+,21-,22-,23-,26+,27-,28-,29+,30+/m1/s1. The molecule has 1 heterocycles. The van der Waals surface area contributed by atoms with Crippen LogP contribution in [0.1, 0.15) is 106 Å². The average Bonchev–Trinajstić information content (AvgIpc) is 3.21. The molecule has 0 aromatic heterocycles. The Morgan fingerprint density at radius 3 is 2.24 bits per heavy atom. The fourth-order valence-electron chi connectivity index (χ4n) is 11.9. The van der Waals surface area contributed by atoms with E-state index in [1.807, 2.05) is 0 Å². The fourth-order valence-corrected chi connectivity index (χ4v) is 11.9. The first-order chi connectivity index (χ1) is 15.3.